The molecule has 0 aromatic carbocycles. The van der Waals surface area contributed by atoms with Crippen molar-refractivity contribution in [3.05, 3.63) is 12.7 Å². The lowest BCUT2D eigenvalue weighted by Gasteiger charge is -2.07. The quantitative estimate of drug-likeness (QED) is 0.469. The molecule has 0 saturated carbocycles. The summed E-state index contributed by atoms with van der Waals surface area (Å²) in [5.74, 6) is -0.218. The van der Waals surface area contributed by atoms with Gasteiger partial charge in [0.15, 0.2) is 0 Å². The number of hydrogen-bond donors (Lipinski definition) is 2. The first-order chi connectivity index (χ1) is 4.20. The summed E-state index contributed by atoms with van der Waals surface area (Å²) in [6.45, 7) is 5.18. The van der Waals surface area contributed by atoms with Gasteiger partial charge in [-0.2, -0.15) is 0 Å². The summed E-state index contributed by atoms with van der Waals surface area (Å²) in [6.07, 6.45) is 1.70. The third-order valence-corrected chi connectivity index (χ3v) is 0.953. The average Bonchev–Trinajstić information content (AvgIpc) is 1.87. The van der Waals surface area contributed by atoms with E-state index in [1.54, 1.807) is 0 Å². The zero-order chi connectivity index (χ0) is 7.28. The third-order valence-electron chi connectivity index (χ3n) is 0.953. The van der Waals surface area contributed by atoms with Crippen LogP contribution >= 0.6 is 12.4 Å². The van der Waals surface area contributed by atoms with Crippen molar-refractivity contribution >= 4 is 18.3 Å². The highest BCUT2D eigenvalue weighted by Gasteiger charge is 1.98. The lowest BCUT2D eigenvalue weighted by Crippen LogP contribution is -2.39. The molecule has 4 heteroatoms. The molecule has 0 saturated heterocycles. The van der Waals surface area contributed by atoms with E-state index in [1.807, 2.05) is 6.92 Å². The van der Waals surface area contributed by atoms with E-state index in [0.717, 1.165) is 6.42 Å². The Hall–Kier alpha value is -0.540. The van der Waals surface area contributed by atoms with Gasteiger partial charge >= 0.3 is 0 Å². The Kier molecular flexibility index (Phi) is 8.00. The average molecular weight is 165 g/mol. The van der Waals surface area contributed by atoms with Crippen molar-refractivity contribution in [2.75, 3.05) is 0 Å². The van der Waals surface area contributed by atoms with Crippen LogP contribution in [0.25, 0.3) is 0 Å². The maximum absolute atomic E-state index is 10.5. The summed E-state index contributed by atoms with van der Waals surface area (Å²) in [7, 11) is 0. The molecule has 3 N–H and O–H groups in total. The molecule has 0 aliphatic rings. The van der Waals surface area contributed by atoms with E-state index >= 15 is 0 Å². The molecule has 60 valence electrons. The van der Waals surface area contributed by atoms with Gasteiger partial charge in [0.05, 0.1) is 6.17 Å². The van der Waals surface area contributed by atoms with Crippen molar-refractivity contribution < 1.29 is 4.79 Å². The summed E-state index contributed by atoms with van der Waals surface area (Å²) in [5.41, 5.74) is 5.37. The maximum Gasteiger partial charge on any atom is 0.244 e. The van der Waals surface area contributed by atoms with Crippen molar-refractivity contribution in [3.8, 4) is 0 Å². The molecule has 0 aliphatic carbocycles. The molecule has 10 heavy (non-hydrogen) atoms. The lowest BCUT2D eigenvalue weighted by molar-refractivity contribution is -0.117. The Morgan fingerprint density at radius 1 is 1.90 bits per heavy atom. The van der Waals surface area contributed by atoms with Crippen LogP contribution < -0.4 is 11.1 Å². The largest absolute Gasteiger partial charge is 0.337 e. The Morgan fingerprint density at radius 2 is 2.40 bits per heavy atom. The van der Waals surface area contributed by atoms with Crippen molar-refractivity contribution in [2.24, 2.45) is 5.73 Å². The molecular weight excluding hydrogens is 152 g/mol. The number of carbonyl (C=O) groups is 1. The van der Waals surface area contributed by atoms with E-state index in [-0.39, 0.29) is 24.5 Å². The van der Waals surface area contributed by atoms with Crippen molar-refractivity contribution in [3.63, 3.8) is 0 Å². The van der Waals surface area contributed by atoms with E-state index in [2.05, 4.69) is 11.9 Å². The van der Waals surface area contributed by atoms with Crippen LogP contribution in [-0.2, 0) is 4.79 Å². The molecular formula is C6H13ClN2O. The van der Waals surface area contributed by atoms with Crippen molar-refractivity contribution in [1.82, 2.24) is 5.32 Å². The van der Waals surface area contributed by atoms with E-state index in [4.69, 9.17) is 5.73 Å². The smallest absolute Gasteiger partial charge is 0.244 e. The van der Waals surface area contributed by atoms with Gasteiger partial charge in [0, 0.05) is 0 Å². The highest BCUT2D eigenvalue weighted by atomic mass is 35.5. The summed E-state index contributed by atoms with van der Waals surface area (Å²) in [6, 6.07) is 0. The molecule has 0 bridgehead atoms. The lowest BCUT2D eigenvalue weighted by atomic mass is 10.4. The standard InChI is InChI=1S/C6H12N2O.ClH/c1-3-5(7)8-6(9)4-2;/h4-5H,2-3,7H2,1H3,(H,8,9);1H. The van der Waals surface area contributed by atoms with Crippen molar-refractivity contribution in [2.45, 2.75) is 19.5 Å². The van der Waals surface area contributed by atoms with E-state index in [0.29, 0.717) is 0 Å². The first-order valence-electron chi connectivity index (χ1n) is 2.89. The van der Waals surface area contributed by atoms with E-state index < -0.39 is 0 Å². The van der Waals surface area contributed by atoms with Crippen LogP contribution in [0.5, 0.6) is 0 Å². The summed E-state index contributed by atoms with van der Waals surface area (Å²) < 4.78 is 0. The molecule has 0 spiro atoms. The monoisotopic (exact) mass is 164 g/mol. The van der Waals surface area contributed by atoms with E-state index in [1.165, 1.54) is 6.08 Å². The number of amides is 1. The summed E-state index contributed by atoms with van der Waals surface area (Å²) in [5, 5.41) is 2.50. The predicted octanol–water partition coefficient (Wildman–Crippen LogP) is 0.405. The second-order valence-electron chi connectivity index (χ2n) is 1.73. The predicted molar refractivity (Wildman–Crippen MR) is 43.9 cm³/mol. The minimum Gasteiger partial charge on any atom is -0.337 e. The third kappa shape index (κ3) is 5.59. The Balaban J connectivity index is 0. The Bertz CT molecular complexity index is 116. The van der Waals surface area contributed by atoms with Gasteiger partial charge in [-0.1, -0.05) is 13.5 Å². The zero-order valence-corrected chi connectivity index (χ0v) is 6.78. The number of nitrogens with two attached hydrogens (primary N) is 1. The van der Waals surface area contributed by atoms with Crippen LogP contribution in [0, 0.1) is 0 Å². The zero-order valence-electron chi connectivity index (χ0n) is 5.96. The molecule has 0 rings (SSSR count). The molecule has 0 fully saturated rings. The highest BCUT2D eigenvalue weighted by molar-refractivity contribution is 5.87. The van der Waals surface area contributed by atoms with Gasteiger partial charge in [-0.25, -0.2) is 0 Å². The summed E-state index contributed by atoms with van der Waals surface area (Å²) in [4.78, 5) is 10.5. The van der Waals surface area contributed by atoms with Gasteiger partial charge in [0.1, 0.15) is 0 Å². The number of halogens is 1. The van der Waals surface area contributed by atoms with Gasteiger partial charge < -0.3 is 11.1 Å². The van der Waals surface area contributed by atoms with Gasteiger partial charge in [0.25, 0.3) is 0 Å². The molecule has 0 aliphatic heterocycles. The first-order valence-corrected chi connectivity index (χ1v) is 2.89. The molecule has 0 aromatic rings. The fourth-order valence-electron chi connectivity index (χ4n) is 0.344. The number of hydrogen-bond acceptors (Lipinski definition) is 2. The SMILES string of the molecule is C=CC(=O)NC(N)CC.Cl. The molecule has 0 radical (unpaired) electrons. The van der Waals surface area contributed by atoms with Crippen molar-refractivity contribution in [1.29, 1.82) is 0 Å². The molecule has 3 nitrogen and oxygen atoms in total. The van der Waals surface area contributed by atoms with E-state index in [9.17, 15) is 4.79 Å². The van der Waals surface area contributed by atoms with Gasteiger partial charge in [-0.15, -0.1) is 12.4 Å². The normalized spacial score (nSPS) is 11.0. The summed E-state index contributed by atoms with van der Waals surface area (Å²) >= 11 is 0. The van der Waals surface area contributed by atoms with Crippen LogP contribution in [0.3, 0.4) is 0 Å². The number of nitrogens with one attached hydrogen (secondary N) is 1. The number of rotatable bonds is 3. The molecule has 1 unspecified atom stereocenters. The van der Waals surface area contributed by atoms with Gasteiger partial charge in [-0.05, 0) is 12.5 Å². The minimum absolute atomic E-state index is 0. The number of carbonyl (C=O) groups excluding carboxylic acids is 1. The first kappa shape index (κ1) is 12.2. The minimum atomic E-state index is -0.240. The van der Waals surface area contributed by atoms with Crippen LogP contribution in [0.2, 0.25) is 0 Å². The Morgan fingerprint density at radius 3 is 2.70 bits per heavy atom. The Labute approximate surface area is 67.1 Å². The van der Waals surface area contributed by atoms with Gasteiger partial charge in [-0.3, -0.25) is 4.79 Å². The maximum atomic E-state index is 10.5. The molecule has 1 atom stereocenters. The molecule has 1 amide bonds. The molecule has 0 heterocycles. The second kappa shape index (κ2) is 6.58. The fraction of sp³-hybridized carbons (Fsp3) is 0.500. The van der Waals surface area contributed by atoms with Crippen LogP contribution in [0.1, 0.15) is 13.3 Å². The fourth-order valence-corrected chi connectivity index (χ4v) is 0.344. The van der Waals surface area contributed by atoms with Crippen LogP contribution in [-0.4, -0.2) is 12.1 Å². The topological polar surface area (TPSA) is 55.1 Å². The molecule has 0 aromatic heterocycles. The highest BCUT2D eigenvalue weighted by Crippen LogP contribution is 1.79. The van der Waals surface area contributed by atoms with Gasteiger partial charge in [0.2, 0.25) is 5.91 Å². The second-order valence-corrected chi connectivity index (χ2v) is 1.73. The van der Waals surface area contributed by atoms with Crippen LogP contribution in [0.4, 0.5) is 0 Å². The van der Waals surface area contributed by atoms with Crippen LogP contribution in [0.15, 0.2) is 12.7 Å².